The van der Waals surface area contributed by atoms with Gasteiger partial charge in [0.05, 0.1) is 24.1 Å². The highest BCUT2D eigenvalue weighted by molar-refractivity contribution is 6.03. The lowest BCUT2D eigenvalue weighted by Crippen LogP contribution is -2.39. The largest absolute Gasteiger partial charge is 0.332 e. The highest BCUT2D eigenvalue weighted by Gasteiger charge is 2.29. The van der Waals surface area contributed by atoms with Gasteiger partial charge in [0.15, 0.2) is 0 Å². The van der Waals surface area contributed by atoms with Crippen molar-refractivity contribution in [2.45, 2.75) is 13.0 Å². The van der Waals surface area contributed by atoms with Crippen molar-refractivity contribution in [3.8, 4) is 22.4 Å². The van der Waals surface area contributed by atoms with Crippen molar-refractivity contribution in [3.05, 3.63) is 94.0 Å². The molecular formula is C23H19N5O2. The lowest BCUT2D eigenvalue weighted by molar-refractivity contribution is 0.0731. The standard InChI is InChI=1S/C23H19N5O2/c29-22-20(23(30)28-12-11-17-13-24-25-18(17)14-28)19(15-7-3-1-4-8-15)21(26-27-22)16-9-5-2-6-10-16/h1-10,13H,11-12,14H2,(H,24,25)(H,27,29). The first-order valence-electron chi connectivity index (χ1n) is 9.76. The van der Waals surface area contributed by atoms with Gasteiger partial charge in [-0.3, -0.25) is 14.7 Å². The predicted molar refractivity (Wildman–Crippen MR) is 113 cm³/mol. The molecular weight excluding hydrogens is 378 g/mol. The Morgan fingerprint density at radius 2 is 1.63 bits per heavy atom. The molecule has 7 heteroatoms. The molecule has 3 heterocycles. The minimum atomic E-state index is -0.492. The van der Waals surface area contributed by atoms with Crippen molar-refractivity contribution < 1.29 is 4.79 Å². The highest BCUT2D eigenvalue weighted by atomic mass is 16.2. The topological polar surface area (TPSA) is 94.7 Å². The summed E-state index contributed by atoms with van der Waals surface area (Å²) in [5.41, 5.74) is 4.36. The first kappa shape index (κ1) is 18.1. The molecule has 0 saturated carbocycles. The number of carbonyl (C=O) groups excluding carboxylic acids is 1. The Bertz CT molecular complexity index is 1260. The minimum Gasteiger partial charge on any atom is -0.332 e. The maximum atomic E-state index is 13.6. The Labute approximate surface area is 172 Å². The molecule has 0 atom stereocenters. The molecule has 1 amide bonds. The van der Waals surface area contributed by atoms with E-state index < -0.39 is 5.56 Å². The van der Waals surface area contributed by atoms with Gasteiger partial charge in [0.25, 0.3) is 11.5 Å². The van der Waals surface area contributed by atoms with Gasteiger partial charge in [-0.25, -0.2) is 5.10 Å². The smallest absolute Gasteiger partial charge is 0.277 e. The maximum Gasteiger partial charge on any atom is 0.277 e. The van der Waals surface area contributed by atoms with E-state index >= 15 is 0 Å². The molecule has 2 aromatic heterocycles. The monoisotopic (exact) mass is 397 g/mol. The molecule has 0 saturated heterocycles. The molecule has 0 radical (unpaired) electrons. The Morgan fingerprint density at radius 3 is 2.37 bits per heavy atom. The molecule has 2 N–H and O–H groups in total. The number of carbonyl (C=O) groups is 1. The summed E-state index contributed by atoms with van der Waals surface area (Å²) >= 11 is 0. The zero-order valence-electron chi connectivity index (χ0n) is 16.1. The summed E-state index contributed by atoms with van der Waals surface area (Å²) in [6.45, 7) is 0.923. The van der Waals surface area contributed by atoms with Gasteiger partial charge >= 0.3 is 0 Å². The van der Waals surface area contributed by atoms with E-state index in [9.17, 15) is 9.59 Å². The van der Waals surface area contributed by atoms with Gasteiger partial charge in [-0.2, -0.15) is 10.2 Å². The summed E-state index contributed by atoms with van der Waals surface area (Å²) in [7, 11) is 0. The molecule has 0 fully saturated rings. The molecule has 1 aliphatic rings. The van der Waals surface area contributed by atoms with Crippen LogP contribution in [0.1, 0.15) is 21.6 Å². The van der Waals surface area contributed by atoms with Gasteiger partial charge in [0.2, 0.25) is 0 Å². The average molecular weight is 397 g/mol. The van der Waals surface area contributed by atoms with Crippen LogP contribution in [0.5, 0.6) is 0 Å². The molecule has 2 aromatic carbocycles. The van der Waals surface area contributed by atoms with Crippen molar-refractivity contribution in [2.24, 2.45) is 0 Å². The van der Waals surface area contributed by atoms with Gasteiger partial charge in [-0.15, -0.1) is 0 Å². The van der Waals surface area contributed by atoms with E-state index in [1.807, 2.05) is 60.7 Å². The quantitative estimate of drug-likeness (QED) is 0.556. The fourth-order valence-corrected chi connectivity index (χ4v) is 3.89. The van der Waals surface area contributed by atoms with Gasteiger partial charge in [0, 0.05) is 17.7 Å². The number of benzene rings is 2. The summed E-state index contributed by atoms with van der Waals surface area (Å²) in [4.78, 5) is 28.2. The molecule has 5 rings (SSSR count). The van der Waals surface area contributed by atoms with E-state index in [0.717, 1.165) is 22.4 Å². The van der Waals surface area contributed by atoms with E-state index in [0.29, 0.717) is 30.8 Å². The molecule has 0 bridgehead atoms. The molecule has 0 unspecified atom stereocenters. The van der Waals surface area contributed by atoms with Crippen LogP contribution in [-0.2, 0) is 13.0 Å². The first-order valence-corrected chi connectivity index (χ1v) is 9.76. The molecule has 1 aliphatic heterocycles. The fourth-order valence-electron chi connectivity index (χ4n) is 3.89. The summed E-state index contributed by atoms with van der Waals surface area (Å²) < 4.78 is 0. The third-order valence-electron chi connectivity index (χ3n) is 5.40. The van der Waals surface area contributed by atoms with Gasteiger partial charge in [0.1, 0.15) is 5.56 Å². The van der Waals surface area contributed by atoms with Crippen LogP contribution >= 0.6 is 0 Å². The SMILES string of the molecule is O=C(c1c(-c2ccccc2)c(-c2ccccc2)n[nH]c1=O)N1CCc2cn[nH]c2C1. The lowest BCUT2D eigenvalue weighted by atomic mass is 9.94. The zero-order chi connectivity index (χ0) is 20.5. The predicted octanol–water partition coefficient (Wildman–Crippen LogP) is 3.03. The van der Waals surface area contributed by atoms with E-state index in [-0.39, 0.29) is 11.5 Å². The van der Waals surface area contributed by atoms with Crippen molar-refractivity contribution in [1.82, 2.24) is 25.3 Å². The molecule has 148 valence electrons. The number of nitrogens with one attached hydrogen (secondary N) is 2. The summed E-state index contributed by atoms with van der Waals surface area (Å²) in [5, 5.41) is 13.9. The third-order valence-corrected chi connectivity index (χ3v) is 5.40. The second kappa shape index (κ2) is 7.44. The number of amides is 1. The number of hydrogen-bond acceptors (Lipinski definition) is 4. The Kier molecular flexibility index (Phi) is 4.48. The number of H-pyrrole nitrogens is 2. The molecule has 7 nitrogen and oxygen atoms in total. The van der Waals surface area contributed by atoms with Crippen LogP contribution in [0, 0.1) is 0 Å². The Morgan fingerprint density at radius 1 is 0.933 bits per heavy atom. The fraction of sp³-hybridized carbons (Fsp3) is 0.130. The molecule has 0 spiro atoms. The van der Waals surface area contributed by atoms with E-state index in [4.69, 9.17) is 0 Å². The molecule has 30 heavy (non-hydrogen) atoms. The van der Waals surface area contributed by atoms with Crippen LogP contribution < -0.4 is 5.56 Å². The second-order valence-electron chi connectivity index (χ2n) is 7.23. The van der Waals surface area contributed by atoms with Crippen molar-refractivity contribution >= 4 is 5.91 Å². The van der Waals surface area contributed by atoms with E-state index in [1.165, 1.54) is 0 Å². The number of aromatic nitrogens is 4. The maximum absolute atomic E-state index is 13.6. The van der Waals surface area contributed by atoms with Gasteiger partial charge in [-0.1, -0.05) is 60.7 Å². The molecule has 0 aliphatic carbocycles. The summed E-state index contributed by atoms with van der Waals surface area (Å²) in [6.07, 6.45) is 2.49. The number of hydrogen-bond donors (Lipinski definition) is 2. The van der Waals surface area contributed by atoms with Gasteiger partial charge in [-0.05, 0) is 17.5 Å². The third kappa shape index (κ3) is 3.10. The zero-order valence-corrected chi connectivity index (χ0v) is 16.1. The van der Waals surface area contributed by atoms with Crippen LogP contribution in [0.2, 0.25) is 0 Å². The van der Waals surface area contributed by atoms with Crippen LogP contribution in [0.15, 0.2) is 71.7 Å². The second-order valence-corrected chi connectivity index (χ2v) is 7.23. The van der Waals surface area contributed by atoms with Crippen LogP contribution in [0.4, 0.5) is 0 Å². The van der Waals surface area contributed by atoms with Crippen molar-refractivity contribution in [1.29, 1.82) is 0 Å². The van der Waals surface area contributed by atoms with Crippen molar-refractivity contribution in [2.75, 3.05) is 6.54 Å². The normalized spacial score (nSPS) is 13.1. The molecule has 4 aromatic rings. The Hall–Kier alpha value is -4.00. The number of rotatable bonds is 3. The van der Waals surface area contributed by atoms with Crippen molar-refractivity contribution in [3.63, 3.8) is 0 Å². The number of aromatic amines is 2. The first-order chi connectivity index (χ1) is 14.7. The Balaban J connectivity index is 1.68. The van der Waals surface area contributed by atoms with E-state index in [1.54, 1.807) is 11.1 Å². The van der Waals surface area contributed by atoms with E-state index in [2.05, 4.69) is 20.4 Å². The minimum absolute atomic E-state index is 0.109. The lowest BCUT2D eigenvalue weighted by Gasteiger charge is -2.27. The summed E-state index contributed by atoms with van der Waals surface area (Å²) in [6, 6.07) is 19.0. The number of fused-ring (bicyclic) bond motifs is 1. The highest BCUT2D eigenvalue weighted by Crippen LogP contribution is 2.32. The number of nitrogens with zero attached hydrogens (tertiary/aromatic N) is 3. The van der Waals surface area contributed by atoms with Crippen LogP contribution in [0.3, 0.4) is 0 Å². The van der Waals surface area contributed by atoms with Crippen LogP contribution in [0.25, 0.3) is 22.4 Å². The average Bonchev–Trinajstić information content (AvgIpc) is 3.27. The summed E-state index contributed by atoms with van der Waals surface area (Å²) in [5.74, 6) is -0.310. The van der Waals surface area contributed by atoms with Gasteiger partial charge < -0.3 is 4.90 Å². The van der Waals surface area contributed by atoms with Crippen LogP contribution in [-0.4, -0.2) is 37.7 Å².